The van der Waals surface area contributed by atoms with Gasteiger partial charge in [0, 0.05) is 21.9 Å². The zero-order valence-corrected chi connectivity index (χ0v) is 10.8. The number of rotatable bonds is 4. The first-order chi connectivity index (χ1) is 9.09. The molecule has 2 rings (SSSR count). The van der Waals surface area contributed by atoms with Crippen molar-refractivity contribution in [3.63, 3.8) is 0 Å². The van der Waals surface area contributed by atoms with Gasteiger partial charge in [-0.25, -0.2) is 4.21 Å². The van der Waals surface area contributed by atoms with Gasteiger partial charge in [0.15, 0.2) is 0 Å². The van der Waals surface area contributed by atoms with Crippen LogP contribution in [0.25, 0.3) is 4.91 Å². The normalized spacial score (nSPS) is 11.8. The van der Waals surface area contributed by atoms with Crippen LogP contribution in [0.1, 0.15) is 5.56 Å². The fourth-order valence-corrected chi connectivity index (χ4v) is 2.62. The van der Waals surface area contributed by atoms with Crippen molar-refractivity contribution in [1.29, 1.82) is 0 Å². The molecule has 1 unspecified atom stereocenters. The van der Waals surface area contributed by atoms with E-state index in [2.05, 4.69) is 6.58 Å². The molecule has 0 aliphatic heterocycles. The Balaban J connectivity index is 2.32. The van der Waals surface area contributed by atoms with Gasteiger partial charge in [0.2, 0.25) is 0 Å². The van der Waals surface area contributed by atoms with Gasteiger partial charge in [-0.05, 0) is 17.7 Å². The Morgan fingerprint density at radius 1 is 1.11 bits per heavy atom. The van der Waals surface area contributed by atoms with Crippen LogP contribution in [0.5, 0.6) is 0 Å². The van der Waals surface area contributed by atoms with Crippen LogP contribution in [-0.2, 0) is 10.8 Å². The first-order valence-corrected chi connectivity index (χ1v) is 6.65. The Morgan fingerprint density at radius 2 is 1.79 bits per heavy atom. The standard InChI is InChI=1S/C14H11NO3S/c1-11(19(18)14-8-3-2-4-9-14)12-6-5-7-13(10-12)15(16)17/h2-10H,1H2. The summed E-state index contributed by atoms with van der Waals surface area (Å²) in [6.07, 6.45) is 0. The highest BCUT2D eigenvalue weighted by atomic mass is 32.2. The molecule has 1 atom stereocenters. The van der Waals surface area contributed by atoms with Crippen molar-refractivity contribution in [3.05, 3.63) is 76.9 Å². The van der Waals surface area contributed by atoms with E-state index in [1.807, 2.05) is 6.07 Å². The zero-order chi connectivity index (χ0) is 13.8. The summed E-state index contributed by atoms with van der Waals surface area (Å²) in [6.45, 7) is 3.78. The van der Waals surface area contributed by atoms with Crippen molar-refractivity contribution in [2.45, 2.75) is 4.90 Å². The number of hydrogen-bond acceptors (Lipinski definition) is 3. The molecule has 96 valence electrons. The molecule has 0 saturated carbocycles. The molecule has 0 aliphatic carbocycles. The van der Waals surface area contributed by atoms with Crippen LogP contribution < -0.4 is 0 Å². The van der Waals surface area contributed by atoms with Gasteiger partial charge in [-0.2, -0.15) is 0 Å². The lowest BCUT2D eigenvalue weighted by Gasteiger charge is -2.06. The average molecular weight is 273 g/mol. The molecule has 0 fully saturated rings. The van der Waals surface area contributed by atoms with Crippen molar-refractivity contribution < 1.29 is 9.13 Å². The van der Waals surface area contributed by atoms with E-state index >= 15 is 0 Å². The second kappa shape index (κ2) is 5.58. The fourth-order valence-electron chi connectivity index (χ4n) is 1.59. The largest absolute Gasteiger partial charge is 0.270 e. The molecule has 2 aromatic rings. The summed E-state index contributed by atoms with van der Waals surface area (Å²) in [5, 5.41) is 10.7. The van der Waals surface area contributed by atoms with Gasteiger partial charge in [-0.15, -0.1) is 0 Å². The summed E-state index contributed by atoms with van der Waals surface area (Å²) >= 11 is 0. The highest BCUT2D eigenvalue weighted by Crippen LogP contribution is 2.25. The second-order valence-electron chi connectivity index (χ2n) is 3.81. The maximum atomic E-state index is 12.3. The van der Waals surface area contributed by atoms with Crippen molar-refractivity contribution in [2.24, 2.45) is 0 Å². The summed E-state index contributed by atoms with van der Waals surface area (Å²) < 4.78 is 12.3. The Morgan fingerprint density at radius 3 is 2.42 bits per heavy atom. The van der Waals surface area contributed by atoms with Crippen LogP contribution in [0.2, 0.25) is 0 Å². The van der Waals surface area contributed by atoms with Crippen LogP contribution in [0, 0.1) is 10.1 Å². The molecule has 0 amide bonds. The minimum absolute atomic E-state index is 0.0382. The Labute approximate surface area is 113 Å². The highest BCUT2D eigenvalue weighted by Gasteiger charge is 2.13. The summed E-state index contributed by atoms with van der Waals surface area (Å²) in [6, 6.07) is 14.9. The van der Waals surface area contributed by atoms with Crippen molar-refractivity contribution in [1.82, 2.24) is 0 Å². The van der Waals surface area contributed by atoms with Gasteiger partial charge in [-0.1, -0.05) is 36.9 Å². The second-order valence-corrected chi connectivity index (χ2v) is 5.31. The minimum atomic E-state index is -1.42. The van der Waals surface area contributed by atoms with Crippen LogP contribution in [-0.4, -0.2) is 9.13 Å². The summed E-state index contributed by atoms with van der Waals surface area (Å²) in [5.74, 6) is 0. The number of nitro benzene ring substituents is 1. The lowest BCUT2D eigenvalue weighted by Crippen LogP contribution is -1.96. The molecular weight excluding hydrogens is 262 g/mol. The number of non-ortho nitro benzene ring substituents is 1. The molecule has 0 spiro atoms. The van der Waals surface area contributed by atoms with Crippen molar-refractivity contribution in [3.8, 4) is 0 Å². The summed E-state index contributed by atoms with van der Waals surface area (Å²) in [7, 11) is -1.42. The molecule has 0 heterocycles. The van der Waals surface area contributed by atoms with Crippen LogP contribution >= 0.6 is 0 Å². The lowest BCUT2D eigenvalue weighted by atomic mass is 10.2. The van der Waals surface area contributed by atoms with E-state index in [4.69, 9.17) is 0 Å². The van der Waals surface area contributed by atoms with Gasteiger partial charge in [0.1, 0.15) is 0 Å². The highest BCUT2D eigenvalue weighted by molar-refractivity contribution is 7.94. The van der Waals surface area contributed by atoms with Gasteiger partial charge in [-0.3, -0.25) is 10.1 Å². The first-order valence-electron chi connectivity index (χ1n) is 5.50. The molecule has 0 bridgehead atoms. The van der Waals surface area contributed by atoms with Crippen LogP contribution in [0.3, 0.4) is 0 Å². The van der Waals surface area contributed by atoms with E-state index in [1.165, 1.54) is 12.1 Å². The molecule has 0 N–H and O–H groups in total. The molecule has 19 heavy (non-hydrogen) atoms. The number of hydrogen-bond donors (Lipinski definition) is 0. The van der Waals surface area contributed by atoms with Gasteiger partial charge < -0.3 is 0 Å². The predicted molar refractivity (Wildman–Crippen MR) is 75.0 cm³/mol. The average Bonchev–Trinajstić information content (AvgIpc) is 2.46. The Hall–Kier alpha value is -2.27. The molecule has 2 aromatic carbocycles. The van der Waals surface area contributed by atoms with E-state index in [1.54, 1.807) is 36.4 Å². The van der Waals surface area contributed by atoms with E-state index < -0.39 is 15.7 Å². The minimum Gasteiger partial charge on any atom is -0.258 e. The molecule has 4 nitrogen and oxygen atoms in total. The predicted octanol–water partition coefficient (Wildman–Crippen LogP) is 3.37. The third-order valence-corrected chi connectivity index (χ3v) is 3.94. The zero-order valence-electron chi connectivity index (χ0n) is 9.98. The van der Waals surface area contributed by atoms with E-state index in [0.717, 1.165) is 0 Å². The molecule has 0 saturated heterocycles. The maximum Gasteiger partial charge on any atom is 0.270 e. The summed E-state index contributed by atoms with van der Waals surface area (Å²) in [5.41, 5.74) is 0.472. The van der Waals surface area contributed by atoms with Crippen LogP contribution in [0.4, 0.5) is 5.69 Å². The fraction of sp³-hybridized carbons (Fsp3) is 0. The number of nitrogens with zero attached hydrogens (tertiary/aromatic N) is 1. The quantitative estimate of drug-likeness (QED) is 0.633. The van der Waals surface area contributed by atoms with Crippen molar-refractivity contribution in [2.75, 3.05) is 0 Å². The third kappa shape index (κ3) is 2.95. The molecule has 0 aromatic heterocycles. The van der Waals surface area contributed by atoms with E-state index in [-0.39, 0.29) is 5.69 Å². The smallest absolute Gasteiger partial charge is 0.258 e. The summed E-state index contributed by atoms with van der Waals surface area (Å²) in [4.78, 5) is 11.2. The number of nitro groups is 1. The first kappa shape index (κ1) is 13.2. The molecule has 5 heteroatoms. The molecular formula is C14H11NO3S. The lowest BCUT2D eigenvalue weighted by molar-refractivity contribution is -0.384. The van der Waals surface area contributed by atoms with Gasteiger partial charge >= 0.3 is 0 Å². The Kier molecular flexibility index (Phi) is 3.87. The maximum absolute atomic E-state index is 12.3. The van der Waals surface area contributed by atoms with E-state index in [0.29, 0.717) is 15.4 Å². The topological polar surface area (TPSA) is 60.2 Å². The molecule has 0 radical (unpaired) electrons. The van der Waals surface area contributed by atoms with Gasteiger partial charge in [0.05, 0.1) is 15.7 Å². The van der Waals surface area contributed by atoms with Crippen molar-refractivity contribution >= 4 is 21.4 Å². The number of benzene rings is 2. The SMILES string of the molecule is C=C(c1cccc([N+](=O)[O-])c1)S(=O)c1ccccc1. The van der Waals surface area contributed by atoms with Gasteiger partial charge in [0.25, 0.3) is 5.69 Å². The van der Waals surface area contributed by atoms with Crippen LogP contribution in [0.15, 0.2) is 66.1 Å². The molecule has 0 aliphatic rings. The third-order valence-electron chi connectivity index (χ3n) is 2.56. The Bertz CT molecular complexity index is 653. The van der Waals surface area contributed by atoms with E-state index in [9.17, 15) is 14.3 Å². The monoisotopic (exact) mass is 273 g/mol.